The van der Waals surface area contributed by atoms with Crippen molar-refractivity contribution in [3.63, 3.8) is 0 Å². The number of ether oxygens (including phenoxy) is 1. The predicted octanol–water partition coefficient (Wildman–Crippen LogP) is 3.42. The van der Waals surface area contributed by atoms with Crippen molar-refractivity contribution in [3.05, 3.63) is 57.6 Å². The second-order valence-electron chi connectivity index (χ2n) is 6.28. The number of primary sulfonamides is 1. The number of sulfonamides is 1. The third-order valence-electron chi connectivity index (χ3n) is 4.05. The molecule has 1 amide bonds. The van der Waals surface area contributed by atoms with E-state index in [1.165, 1.54) is 13.0 Å². The monoisotopic (exact) mass is 464 g/mol. The number of nitrogens with two attached hydrogens (primary N) is 1. The fraction of sp³-hybridized carbons (Fsp3) is 0.222. The predicted molar refractivity (Wildman–Crippen MR) is 103 cm³/mol. The molecule has 0 bridgehead atoms. The minimum atomic E-state index is -4.71. The van der Waals surface area contributed by atoms with Gasteiger partial charge in [-0.3, -0.25) is 4.79 Å². The Balaban J connectivity index is 2.11. The Kier molecular flexibility index (Phi) is 6.80. The van der Waals surface area contributed by atoms with E-state index in [0.717, 1.165) is 18.2 Å². The fourth-order valence-electron chi connectivity index (χ4n) is 2.47. The van der Waals surface area contributed by atoms with Crippen LogP contribution in [0, 0.1) is 13.8 Å². The maximum absolute atomic E-state index is 12.9. The third-order valence-corrected chi connectivity index (χ3v) is 5.42. The highest BCUT2D eigenvalue weighted by molar-refractivity contribution is 7.89. The molecule has 12 heteroatoms. The van der Waals surface area contributed by atoms with Crippen LogP contribution in [-0.2, 0) is 25.7 Å². The van der Waals surface area contributed by atoms with Crippen molar-refractivity contribution in [1.82, 2.24) is 0 Å². The summed E-state index contributed by atoms with van der Waals surface area (Å²) in [6.07, 6.45) is -4.71. The lowest BCUT2D eigenvalue weighted by molar-refractivity contribution is -0.137. The average Bonchev–Trinajstić information content (AvgIpc) is 2.61. The lowest BCUT2D eigenvalue weighted by atomic mass is 10.1. The van der Waals surface area contributed by atoms with Gasteiger partial charge in [0.2, 0.25) is 10.0 Å². The molecule has 0 unspecified atom stereocenters. The van der Waals surface area contributed by atoms with Crippen LogP contribution in [0.2, 0.25) is 5.02 Å². The summed E-state index contributed by atoms with van der Waals surface area (Å²) in [5, 5.41) is 6.74. The first-order valence-corrected chi connectivity index (χ1v) is 10.1. The molecule has 0 heterocycles. The van der Waals surface area contributed by atoms with Gasteiger partial charge >= 0.3 is 12.1 Å². The number of nitrogens with one attached hydrogen (secondary N) is 1. The van der Waals surface area contributed by atoms with Crippen molar-refractivity contribution in [2.24, 2.45) is 5.14 Å². The van der Waals surface area contributed by atoms with Gasteiger partial charge in [0, 0.05) is 5.69 Å². The third kappa shape index (κ3) is 5.71. The van der Waals surface area contributed by atoms with Gasteiger partial charge in [0.15, 0.2) is 6.61 Å². The fourth-order valence-corrected chi connectivity index (χ4v) is 3.58. The molecule has 0 aliphatic rings. The summed E-state index contributed by atoms with van der Waals surface area (Å²) < 4.78 is 66.7. The smallest absolute Gasteiger partial charge is 0.417 e. The van der Waals surface area contributed by atoms with Gasteiger partial charge in [0.1, 0.15) is 0 Å². The molecule has 0 aromatic heterocycles. The number of aryl methyl sites for hydroxylation is 1. The van der Waals surface area contributed by atoms with Gasteiger partial charge < -0.3 is 10.1 Å². The molecule has 7 nitrogen and oxygen atoms in total. The van der Waals surface area contributed by atoms with Crippen LogP contribution in [0.4, 0.5) is 18.9 Å². The van der Waals surface area contributed by atoms with Gasteiger partial charge in [-0.2, -0.15) is 13.2 Å². The summed E-state index contributed by atoms with van der Waals surface area (Å²) in [4.78, 5) is 23.8. The zero-order valence-electron chi connectivity index (χ0n) is 15.6. The summed E-state index contributed by atoms with van der Waals surface area (Å²) in [7, 11) is -4.09. The molecule has 2 aromatic carbocycles. The van der Waals surface area contributed by atoms with Crippen LogP contribution in [0.3, 0.4) is 0 Å². The van der Waals surface area contributed by atoms with Crippen molar-refractivity contribution in [2.45, 2.75) is 24.9 Å². The number of hydrogen-bond donors (Lipinski definition) is 2. The summed E-state index contributed by atoms with van der Waals surface area (Å²) >= 11 is 5.50. The molecule has 0 aliphatic heterocycles. The topological polar surface area (TPSA) is 116 Å². The van der Waals surface area contributed by atoms with Crippen LogP contribution < -0.4 is 10.5 Å². The molecule has 0 saturated heterocycles. The van der Waals surface area contributed by atoms with Crippen LogP contribution in [0.15, 0.2) is 35.2 Å². The molecule has 0 aliphatic carbocycles. The molecule has 30 heavy (non-hydrogen) atoms. The van der Waals surface area contributed by atoms with E-state index in [9.17, 15) is 31.2 Å². The minimum Gasteiger partial charge on any atom is -0.452 e. The molecule has 3 N–H and O–H groups in total. The molecule has 2 aromatic rings. The molecule has 162 valence electrons. The van der Waals surface area contributed by atoms with Crippen LogP contribution in [-0.4, -0.2) is 26.9 Å². The highest BCUT2D eigenvalue weighted by atomic mass is 35.5. The number of alkyl halides is 3. The molecule has 0 atom stereocenters. The molecule has 0 saturated carbocycles. The number of halogens is 4. The highest BCUT2D eigenvalue weighted by Gasteiger charge is 2.33. The van der Waals surface area contributed by atoms with Crippen molar-refractivity contribution in [2.75, 3.05) is 11.9 Å². The number of amides is 1. The molecule has 0 spiro atoms. The van der Waals surface area contributed by atoms with E-state index in [0.29, 0.717) is 17.2 Å². The van der Waals surface area contributed by atoms with Gasteiger partial charge in [-0.05, 0) is 55.3 Å². The van der Waals surface area contributed by atoms with Crippen LogP contribution in [0.25, 0.3) is 0 Å². The maximum Gasteiger partial charge on any atom is 0.417 e. The molecule has 0 radical (unpaired) electrons. The second kappa shape index (κ2) is 8.62. The first-order chi connectivity index (χ1) is 13.7. The minimum absolute atomic E-state index is 0.152. The van der Waals surface area contributed by atoms with Crippen LogP contribution in [0.1, 0.15) is 27.0 Å². The summed E-state index contributed by atoms with van der Waals surface area (Å²) in [6.45, 7) is 2.26. The number of benzene rings is 2. The Morgan fingerprint density at radius 1 is 1.17 bits per heavy atom. The van der Waals surface area contributed by atoms with Crippen molar-refractivity contribution in [3.8, 4) is 0 Å². The zero-order chi connectivity index (χ0) is 22.9. The standard InChI is InChI=1S/C18H16ClF3N2O5S/c1-9-5-11(6-15(10(9)2)30(23,27)28)17(26)29-8-16(25)24-12-3-4-14(19)13(7-12)18(20,21)22/h3-7H,8H2,1-2H3,(H,24,25)(H2,23,27,28). The Bertz CT molecular complexity index is 1120. The molecular formula is C18H16ClF3N2O5S. The summed E-state index contributed by atoms with van der Waals surface area (Å²) in [6, 6.07) is 5.14. The van der Waals surface area contributed by atoms with Gasteiger partial charge in [-0.25, -0.2) is 18.4 Å². The molecule has 2 rings (SSSR count). The lowest BCUT2D eigenvalue weighted by Crippen LogP contribution is -2.22. The lowest BCUT2D eigenvalue weighted by Gasteiger charge is -2.12. The molecule has 0 fully saturated rings. The van der Waals surface area contributed by atoms with Gasteiger partial charge in [0.05, 0.1) is 21.0 Å². The number of hydrogen-bond acceptors (Lipinski definition) is 5. The van der Waals surface area contributed by atoms with Gasteiger partial charge in [-0.1, -0.05) is 11.6 Å². The van der Waals surface area contributed by atoms with E-state index in [-0.39, 0.29) is 16.1 Å². The van der Waals surface area contributed by atoms with Crippen molar-refractivity contribution >= 4 is 39.2 Å². The number of carbonyl (C=O) groups excluding carboxylic acids is 2. The Hall–Kier alpha value is -2.63. The van der Waals surface area contributed by atoms with E-state index < -0.39 is 45.3 Å². The van der Waals surface area contributed by atoms with E-state index in [2.05, 4.69) is 5.32 Å². The number of carbonyl (C=O) groups is 2. The van der Waals surface area contributed by atoms with Crippen LogP contribution >= 0.6 is 11.6 Å². The quantitative estimate of drug-likeness (QED) is 0.658. The zero-order valence-corrected chi connectivity index (χ0v) is 17.2. The number of esters is 1. The van der Waals surface area contributed by atoms with Gasteiger partial charge in [0.25, 0.3) is 5.91 Å². The van der Waals surface area contributed by atoms with E-state index in [1.54, 1.807) is 6.92 Å². The largest absolute Gasteiger partial charge is 0.452 e. The van der Waals surface area contributed by atoms with Gasteiger partial charge in [-0.15, -0.1) is 0 Å². The Labute approximate surface area is 175 Å². The van der Waals surface area contributed by atoms with E-state index in [1.807, 2.05) is 0 Å². The first-order valence-electron chi connectivity index (χ1n) is 8.18. The first kappa shape index (κ1) is 23.6. The maximum atomic E-state index is 12.9. The Morgan fingerprint density at radius 3 is 2.37 bits per heavy atom. The van der Waals surface area contributed by atoms with E-state index >= 15 is 0 Å². The summed E-state index contributed by atoms with van der Waals surface area (Å²) in [5.41, 5.74) is -0.672. The van der Waals surface area contributed by atoms with Crippen molar-refractivity contribution in [1.29, 1.82) is 0 Å². The Morgan fingerprint density at radius 2 is 1.80 bits per heavy atom. The van der Waals surface area contributed by atoms with Crippen LogP contribution in [0.5, 0.6) is 0 Å². The van der Waals surface area contributed by atoms with E-state index in [4.69, 9.17) is 21.5 Å². The normalized spacial score (nSPS) is 11.8. The molecular weight excluding hydrogens is 449 g/mol. The number of rotatable bonds is 5. The summed E-state index contributed by atoms with van der Waals surface area (Å²) in [5.74, 6) is -1.92. The number of anilines is 1. The highest BCUT2D eigenvalue weighted by Crippen LogP contribution is 2.36. The second-order valence-corrected chi connectivity index (χ2v) is 8.22. The van der Waals surface area contributed by atoms with Crippen molar-refractivity contribution < 1.29 is 35.9 Å². The average molecular weight is 465 g/mol. The SMILES string of the molecule is Cc1cc(C(=O)OCC(=O)Nc2ccc(Cl)c(C(F)(F)F)c2)cc(S(N)(=O)=O)c1C.